The number of pyridine rings is 1. The zero-order chi connectivity index (χ0) is 19.8. The number of ether oxygens (including phenoxy) is 1. The van der Waals surface area contributed by atoms with Crippen LogP contribution in [0.1, 0.15) is 19.7 Å². The largest absolute Gasteiger partial charge is 0.379 e. The first-order chi connectivity index (χ1) is 13.6. The van der Waals surface area contributed by atoms with E-state index in [0.29, 0.717) is 30.4 Å². The summed E-state index contributed by atoms with van der Waals surface area (Å²) in [5.74, 6) is 1.83. The maximum Gasteiger partial charge on any atom is 0.276 e. The molecule has 3 rings (SSSR count). The number of nitrogens with one attached hydrogen (secondary N) is 2. The van der Waals surface area contributed by atoms with Crippen molar-refractivity contribution in [2.24, 2.45) is 4.99 Å². The van der Waals surface area contributed by atoms with Crippen molar-refractivity contribution in [1.29, 1.82) is 0 Å². The molecule has 0 amide bonds. The maximum atomic E-state index is 5.45. The van der Waals surface area contributed by atoms with Crippen LogP contribution in [-0.2, 0) is 11.2 Å². The van der Waals surface area contributed by atoms with Gasteiger partial charge in [-0.2, -0.15) is 4.98 Å². The van der Waals surface area contributed by atoms with Crippen LogP contribution in [0.5, 0.6) is 0 Å². The number of nitrogens with zero attached hydrogens (tertiary/aromatic N) is 5. The van der Waals surface area contributed by atoms with Crippen LogP contribution in [0.3, 0.4) is 0 Å². The van der Waals surface area contributed by atoms with E-state index in [1.165, 1.54) is 0 Å². The fourth-order valence-corrected chi connectivity index (χ4v) is 3.04. The van der Waals surface area contributed by atoms with E-state index in [4.69, 9.17) is 9.26 Å². The lowest BCUT2D eigenvalue weighted by Crippen LogP contribution is -2.56. The molecule has 1 aliphatic rings. The third-order valence-electron chi connectivity index (χ3n) is 4.77. The molecule has 0 spiro atoms. The minimum absolute atomic E-state index is 0. The summed E-state index contributed by atoms with van der Waals surface area (Å²) in [5.41, 5.74) is 0.698. The van der Waals surface area contributed by atoms with Gasteiger partial charge in [-0.15, -0.1) is 24.0 Å². The topological polar surface area (TPSA) is 101 Å². The fourth-order valence-electron chi connectivity index (χ4n) is 3.04. The molecule has 0 saturated carbocycles. The first-order valence-corrected chi connectivity index (χ1v) is 9.60. The van der Waals surface area contributed by atoms with E-state index >= 15 is 0 Å². The third kappa shape index (κ3) is 6.89. The molecule has 2 N–H and O–H groups in total. The Hall–Kier alpha value is -1.79. The van der Waals surface area contributed by atoms with Crippen molar-refractivity contribution in [3.8, 4) is 11.6 Å². The van der Waals surface area contributed by atoms with Gasteiger partial charge in [0.15, 0.2) is 11.8 Å². The van der Waals surface area contributed by atoms with Crippen LogP contribution >= 0.6 is 24.0 Å². The van der Waals surface area contributed by atoms with Gasteiger partial charge < -0.3 is 19.9 Å². The lowest BCUT2D eigenvalue weighted by Gasteiger charge is -2.41. The van der Waals surface area contributed by atoms with Crippen LogP contribution in [0, 0.1) is 0 Å². The smallest absolute Gasteiger partial charge is 0.276 e. The summed E-state index contributed by atoms with van der Waals surface area (Å²) in [7, 11) is 1.77. The molecule has 160 valence electrons. The van der Waals surface area contributed by atoms with Gasteiger partial charge in [0.05, 0.1) is 13.2 Å². The van der Waals surface area contributed by atoms with E-state index in [1.54, 1.807) is 13.2 Å². The van der Waals surface area contributed by atoms with Crippen molar-refractivity contribution >= 4 is 29.9 Å². The first-order valence-electron chi connectivity index (χ1n) is 9.60. The number of rotatable bonds is 7. The summed E-state index contributed by atoms with van der Waals surface area (Å²) in [5, 5.41) is 10.7. The van der Waals surface area contributed by atoms with Crippen molar-refractivity contribution in [3.63, 3.8) is 0 Å². The van der Waals surface area contributed by atoms with E-state index in [2.05, 4.69) is 49.5 Å². The van der Waals surface area contributed by atoms with Gasteiger partial charge in [-0.3, -0.25) is 14.9 Å². The fraction of sp³-hybridized carbons (Fsp3) is 0.579. The lowest BCUT2D eigenvalue weighted by atomic mass is 10.0. The van der Waals surface area contributed by atoms with Gasteiger partial charge in [0.2, 0.25) is 0 Å². The molecule has 2 aromatic heterocycles. The second-order valence-electron chi connectivity index (χ2n) is 7.25. The highest BCUT2D eigenvalue weighted by atomic mass is 127. The van der Waals surface area contributed by atoms with Gasteiger partial charge in [0.25, 0.3) is 5.89 Å². The van der Waals surface area contributed by atoms with Crippen molar-refractivity contribution in [2.75, 3.05) is 46.4 Å². The van der Waals surface area contributed by atoms with Crippen molar-refractivity contribution in [1.82, 2.24) is 30.7 Å². The Labute approximate surface area is 188 Å². The van der Waals surface area contributed by atoms with E-state index < -0.39 is 0 Å². The van der Waals surface area contributed by atoms with Crippen molar-refractivity contribution < 1.29 is 9.26 Å². The molecule has 29 heavy (non-hydrogen) atoms. The number of guanidine groups is 1. The lowest BCUT2D eigenvalue weighted by molar-refractivity contribution is -0.00833. The van der Waals surface area contributed by atoms with Crippen LogP contribution in [-0.4, -0.2) is 78.0 Å². The average Bonchev–Trinajstić information content (AvgIpc) is 3.21. The second-order valence-corrected chi connectivity index (χ2v) is 7.25. The Morgan fingerprint density at radius 1 is 1.24 bits per heavy atom. The van der Waals surface area contributed by atoms with E-state index in [1.807, 2.05) is 18.2 Å². The highest BCUT2D eigenvalue weighted by Gasteiger charge is 2.28. The van der Waals surface area contributed by atoms with Crippen LogP contribution in [0.4, 0.5) is 0 Å². The number of aliphatic imine (C=N–C) groups is 1. The number of hydrogen-bond acceptors (Lipinski definition) is 7. The molecule has 1 fully saturated rings. The molecular weight excluding hydrogens is 485 g/mol. The molecular formula is C19H30IN7O2. The quantitative estimate of drug-likeness (QED) is 0.326. The molecule has 0 aliphatic carbocycles. The zero-order valence-electron chi connectivity index (χ0n) is 17.2. The van der Waals surface area contributed by atoms with E-state index in [0.717, 1.165) is 38.8 Å². The second kappa shape index (κ2) is 11.4. The molecule has 10 heteroatoms. The molecule has 0 bridgehead atoms. The van der Waals surface area contributed by atoms with Gasteiger partial charge in [0.1, 0.15) is 5.69 Å². The van der Waals surface area contributed by atoms with Crippen LogP contribution in [0.2, 0.25) is 0 Å². The van der Waals surface area contributed by atoms with Crippen LogP contribution in [0.25, 0.3) is 11.6 Å². The molecule has 0 aromatic carbocycles. The maximum absolute atomic E-state index is 5.45. The predicted octanol–water partition coefficient (Wildman–Crippen LogP) is 1.57. The third-order valence-corrected chi connectivity index (χ3v) is 4.77. The standard InChI is InChI=1S/C19H29N7O2.HI/c1-19(2,26-10-12-27-13-11-26)14-23-18(20-3)22-9-7-16-24-17(28-25-16)15-6-4-5-8-21-15;/h4-6,8H,7,9-14H2,1-3H3,(H2,20,22,23);1H. The Kier molecular flexibility index (Phi) is 9.24. The normalized spacial score (nSPS) is 15.6. The molecule has 0 radical (unpaired) electrons. The van der Waals surface area contributed by atoms with Gasteiger partial charge in [-0.25, -0.2) is 0 Å². The van der Waals surface area contributed by atoms with E-state index in [-0.39, 0.29) is 29.5 Å². The highest BCUT2D eigenvalue weighted by molar-refractivity contribution is 14.0. The minimum Gasteiger partial charge on any atom is -0.379 e. The van der Waals surface area contributed by atoms with Gasteiger partial charge in [0, 0.05) is 51.4 Å². The summed E-state index contributed by atoms with van der Waals surface area (Å²) < 4.78 is 10.7. The number of halogens is 1. The SMILES string of the molecule is CN=C(NCCc1noc(-c2ccccn2)n1)NCC(C)(C)N1CCOCC1.I. The molecule has 1 aliphatic heterocycles. The highest BCUT2D eigenvalue weighted by Crippen LogP contribution is 2.15. The van der Waals surface area contributed by atoms with Crippen LogP contribution in [0.15, 0.2) is 33.9 Å². The Balaban J connectivity index is 0.00000300. The molecule has 9 nitrogen and oxygen atoms in total. The van der Waals surface area contributed by atoms with Crippen molar-refractivity contribution in [2.45, 2.75) is 25.8 Å². The van der Waals surface area contributed by atoms with E-state index in [9.17, 15) is 0 Å². The minimum atomic E-state index is 0. The molecule has 1 saturated heterocycles. The van der Waals surface area contributed by atoms with Gasteiger partial charge in [-0.1, -0.05) is 11.2 Å². The number of morpholine rings is 1. The summed E-state index contributed by atoms with van der Waals surface area (Å²) >= 11 is 0. The van der Waals surface area contributed by atoms with Gasteiger partial charge >= 0.3 is 0 Å². The predicted molar refractivity (Wildman–Crippen MR) is 122 cm³/mol. The molecule has 0 unspecified atom stereocenters. The summed E-state index contributed by atoms with van der Waals surface area (Å²) in [4.78, 5) is 15.3. The average molecular weight is 515 g/mol. The first kappa shape index (κ1) is 23.5. The Morgan fingerprint density at radius 2 is 2.03 bits per heavy atom. The number of aromatic nitrogens is 3. The Morgan fingerprint density at radius 3 is 2.72 bits per heavy atom. The Bertz CT molecular complexity index is 761. The summed E-state index contributed by atoms with van der Waals surface area (Å²) in [6.07, 6.45) is 2.33. The molecule has 2 aromatic rings. The molecule has 0 atom stereocenters. The molecule has 3 heterocycles. The summed E-state index contributed by atoms with van der Waals surface area (Å²) in [6, 6.07) is 5.59. The summed E-state index contributed by atoms with van der Waals surface area (Å²) in [6.45, 7) is 9.41. The zero-order valence-corrected chi connectivity index (χ0v) is 19.6. The monoisotopic (exact) mass is 515 g/mol. The van der Waals surface area contributed by atoms with Crippen molar-refractivity contribution in [3.05, 3.63) is 30.2 Å². The van der Waals surface area contributed by atoms with Crippen LogP contribution < -0.4 is 10.6 Å². The van der Waals surface area contributed by atoms with Gasteiger partial charge in [-0.05, 0) is 26.0 Å². The number of hydrogen-bond donors (Lipinski definition) is 2.